The molecule has 8 nitrogen and oxygen atoms in total. The summed E-state index contributed by atoms with van der Waals surface area (Å²) in [6.07, 6.45) is 1.16. The summed E-state index contributed by atoms with van der Waals surface area (Å²) in [4.78, 5) is 42.7. The number of H-pyrrole nitrogens is 1. The van der Waals surface area contributed by atoms with E-state index in [1.165, 1.54) is 18.2 Å². The normalized spacial score (nSPS) is 11.1. The molecule has 2 aromatic carbocycles. The zero-order chi connectivity index (χ0) is 19.1. The summed E-state index contributed by atoms with van der Waals surface area (Å²) in [6, 6.07) is 11.5. The summed E-state index contributed by atoms with van der Waals surface area (Å²) in [5.41, 5.74) is 0.433. The first-order valence-corrected chi connectivity index (χ1v) is 8.67. The fourth-order valence-electron chi connectivity index (χ4n) is 2.93. The highest BCUT2D eigenvalue weighted by molar-refractivity contribution is 9.10. The molecule has 0 aliphatic rings. The Hall–Kier alpha value is -3.33. The number of aromatic nitrogens is 3. The van der Waals surface area contributed by atoms with Crippen molar-refractivity contribution in [3.63, 3.8) is 0 Å². The molecule has 0 radical (unpaired) electrons. The lowest BCUT2D eigenvalue weighted by Gasteiger charge is -2.05. The van der Waals surface area contributed by atoms with Crippen LogP contribution in [0.4, 0.5) is 5.69 Å². The van der Waals surface area contributed by atoms with Crippen LogP contribution in [0.5, 0.6) is 0 Å². The number of Topliss-reactive ketones (excluding diaryl/α,β-unsaturated/α-hetero) is 1. The molecule has 0 aliphatic heterocycles. The number of hydrogen-bond donors (Lipinski definition) is 1. The van der Waals surface area contributed by atoms with Gasteiger partial charge in [-0.25, -0.2) is 4.98 Å². The first kappa shape index (κ1) is 17.1. The van der Waals surface area contributed by atoms with Crippen molar-refractivity contribution in [2.75, 3.05) is 0 Å². The molecule has 4 aromatic rings. The van der Waals surface area contributed by atoms with E-state index < -0.39 is 10.5 Å². The highest BCUT2D eigenvalue weighted by Crippen LogP contribution is 2.22. The number of halogens is 1. The number of para-hydroxylation sites is 1. The summed E-state index contributed by atoms with van der Waals surface area (Å²) >= 11 is 3.38. The van der Waals surface area contributed by atoms with Gasteiger partial charge in [0.2, 0.25) is 0 Å². The number of fused-ring (bicyclic) bond motifs is 2. The SMILES string of the molecule is O=C(Cn1cnc2c([N+](=O)[O-])cccc2c1=O)c1cc2cc(Br)ccc2[nH]1. The number of ketones is 1. The van der Waals surface area contributed by atoms with Crippen LogP contribution >= 0.6 is 15.9 Å². The monoisotopic (exact) mass is 426 g/mol. The number of nitrogens with one attached hydrogen (secondary N) is 1. The highest BCUT2D eigenvalue weighted by Gasteiger charge is 2.17. The van der Waals surface area contributed by atoms with Gasteiger partial charge in [0.25, 0.3) is 11.2 Å². The average Bonchev–Trinajstić information content (AvgIpc) is 3.06. The van der Waals surface area contributed by atoms with Crippen LogP contribution < -0.4 is 5.56 Å². The zero-order valence-corrected chi connectivity index (χ0v) is 15.3. The van der Waals surface area contributed by atoms with Crippen molar-refractivity contribution in [3.05, 3.63) is 79.4 Å². The van der Waals surface area contributed by atoms with Crippen LogP contribution in [0.15, 0.2) is 58.1 Å². The molecule has 0 saturated carbocycles. The Morgan fingerprint density at radius 1 is 1.26 bits per heavy atom. The molecule has 0 fully saturated rings. The number of aromatic amines is 1. The van der Waals surface area contributed by atoms with Crippen LogP contribution in [0, 0.1) is 10.1 Å². The maximum atomic E-state index is 12.6. The number of carbonyl (C=O) groups is 1. The van der Waals surface area contributed by atoms with Crippen molar-refractivity contribution in [2.45, 2.75) is 6.54 Å². The number of rotatable bonds is 4. The maximum Gasteiger partial charge on any atom is 0.295 e. The van der Waals surface area contributed by atoms with Gasteiger partial charge in [-0.05, 0) is 30.3 Å². The van der Waals surface area contributed by atoms with Crippen molar-refractivity contribution in [1.82, 2.24) is 14.5 Å². The van der Waals surface area contributed by atoms with Crippen LogP contribution in [-0.4, -0.2) is 25.2 Å². The number of carbonyl (C=O) groups excluding carboxylic acids is 1. The lowest BCUT2D eigenvalue weighted by atomic mass is 10.2. The Labute approximate surface area is 159 Å². The molecule has 0 spiro atoms. The lowest BCUT2D eigenvalue weighted by Crippen LogP contribution is -2.25. The summed E-state index contributed by atoms with van der Waals surface area (Å²) < 4.78 is 2.04. The van der Waals surface area contributed by atoms with E-state index in [2.05, 4.69) is 25.9 Å². The third-order valence-electron chi connectivity index (χ3n) is 4.23. The van der Waals surface area contributed by atoms with Crippen molar-refractivity contribution in [2.24, 2.45) is 0 Å². The number of hydrogen-bond acceptors (Lipinski definition) is 5. The van der Waals surface area contributed by atoms with Crippen molar-refractivity contribution in [3.8, 4) is 0 Å². The molecule has 0 atom stereocenters. The Bertz CT molecular complexity index is 1290. The third-order valence-corrected chi connectivity index (χ3v) is 4.72. The summed E-state index contributed by atoms with van der Waals surface area (Å²) in [5.74, 6) is -0.295. The second kappa shape index (κ2) is 6.44. The number of benzene rings is 2. The smallest absolute Gasteiger partial charge is 0.295 e. The number of non-ortho nitro benzene ring substituents is 1. The Morgan fingerprint density at radius 2 is 2.07 bits per heavy atom. The largest absolute Gasteiger partial charge is 0.352 e. The molecule has 9 heteroatoms. The van der Waals surface area contributed by atoms with Gasteiger partial charge < -0.3 is 4.98 Å². The molecule has 0 bridgehead atoms. The summed E-state index contributed by atoms with van der Waals surface area (Å²) in [5, 5.41) is 12.0. The van der Waals surface area contributed by atoms with E-state index >= 15 is 0 Å². The standard InChI is InChI=1S/C18H11BrN4O4/c19-11-4-5-13-10(6-11)7-14(21-13)16(24)8-22-9-20-17-12(18(22)25)2-1-3-15(17)23(26)27/h1-7,9,21H,8H2. The van der Waals surface area contributed by atoms with Gasteiger partial charge in [-0.3, -0.25) is 24.3 Å². The molecule has 0 amide bonds. The third kappa shape index (κ3) is 3.02. The first-order chi connectivity index (χ1) is 12.9. The van der Waals surface area contributed by atoms with Gasteiger partial charge in [-0.1, -0.05) is 22.0 Å². The summed E-state index contributed by atoms with van der Waals surface area (Å²) in [6.45, 7) is -0.224. The van der Waals surface area contributed by atoms with Crippen LogP contribution in [0.1, 0.15) is 10.5 Å². The summed E-state index contributed by atoms with van der Waals surface area (Å²) in [7, 11) is 0. The predicted octanol–water partition coefficient (Wildman–Crippen LogP) is 3.43. The van der Waals surface area contributed by atoms with Gasteiger partial charge >= 0.3 is 0 Å². The van der Waals surface area contributed by atoms with Gasteiger partial charge in [0.1, 0.15) is 0 Å². The second-order valence-electron chi connectivity index (χ2n) is 5.95. The Balaban J connectivity index is 1.72. The quantitative estimate of drug-likeness (QED) is 0.305. The van der Waals surface area contributed by atoms with E-state index in [0.29, 0.717) is 5.69 Å². The minimum Gasteiger partial charge on any atom is -0.352 e. The maximum absolute atomic E-state index is 12.6. The molecule has 134 valence electrons. The van der Waals surface area contributed by atoms with E-state index in [0.717, 1.165) is 26.3 Å². The van der Waals surface area contributed by atoms with Crippen LogP contribution in [0.3, 0.4) is 0 Å². The molecule has 27 heavy (non-hydrogen) atoms. The minimum absolute atomic E-state index is 0.00617. The molecule has 4 rings (SSSR count). The van der Waals surface area contributed by atoms with Crippen molar-refractivity contribution < 1.29 is 9.72 Å². The molecule has 0 aliphatic carbocycles. The number of nitro benzene ring substituents is 1. The molecule has 0 saturated heterocycles. The van der Waals surface area contributed by atoms with E-state index in [1.807, 2.05) is 18.2 Å². The predicted molar refractivity (Wildman–Crippen MR) is 103 cm³/mol. The highest BCUT2D eigenvalue weighted by atomic mass is 79.9. The lowest BCUT2D eigenvalue weighted by molar-refractivity contribution is -0.383. The molecule has 0 unspecified atom stereocenters. The minimum atomic E-state index is -0.590. The van der Waals surface area contributed by atoms with Gasteiger partial charge in [-0.15, -0.1) is 0 Å². The second-order valence-corrected chi connectivity index (χ2v) is 6.86. The topological polar surface area (TPSA) is 111 Å². The van der Waals surface area contributed by atoms with Crippen molar-refractivity contribution in [1.29, 1.82) is 0 Å². The van der Waals surface area contributed by atoms with Gasteiger partial charge in [0.15, 0.2) is 11.3 Å². The molecule has 1 N–H and O–H groups in total. The molecular formula is C18H11BrN4O4. The molecule has 2 aromatic heterocycles. The van der Waals surface area contributed by atoms with Crippen LogP contribution in [0.2, 0.25) is 0 Å². The molecular weight excluding hydrogens is 416 g/mol. The fourth-order valence-corrected chi connectivity index (χ4v) is 3.31. The van der Waals surface area contributed by atoms with E-state index in [1.54, 1.807) is 6.07 Å². The first-order valence-electron chi connectivity index (χ1n) is 7.88. The van der Waals surface area contributed by atoms with Crippen molar-refractivity contribution >= 4 is 49.2 Å². The van der Waals surface area contributed by atoms with Gasteiger partial charge in [-0.2, -0.15) is 0 Å². The van der Waals surface area contributed by atoms with Crippen LogP contribution in [0.25, 0.3) is 21.8 Å². The van der Waals surface area contributed by atoms with E-state index in [-0.39, 0.29) is 28.9 Å². The van der Waals surface area contributed by atoms with Crippen LogP contribution in [-0.2, 0) is 6.54 Å². The Morgan fingerprint density at radius 3 is 2.85 bits per heavy atom. The number of nitrogens with zero attached hydrogens (tertiary/aromatic N) is 3. The van der Waals surface area contributed by atoms with E-state index in [4.69, 9.17) is 0 Å². The molecule has 2 heterocycles. The Kier molecular flexibility index (Phi) is 4.08. The van der Waals surface area contributed by atoms with Gasteiger partial charge in [0.05, 0.1) is 28.9 Å². The average molecular weight is 427 g/mol. The van der Waals surface area contributed by atoms with E-state index in [9.17, 15) is 19.7 Å². The number of nitro groups is 1. The zero-order valence-electron chi connectivity index (χ0n) is 13.7. The fraction of sp³-hybridized carbons (Fsp3) is 0.0556. The van der Waals surface area contributed by atoms with Gasteiger partial charge in [0, 0.05) is 21.4 Å².